The monoisotopic (exact) mass is 411 g/mol. The molecule has 29 heavy (non-hydrogen) atoms. The van der Waals surface area contributed by atoms with E-state index in [0.717, 1.165) is 22.7 Å². The molecule has 0 spiro atoms. The molecule has 0 aliphatic rings. The van der Waals surface area contributed by atoms with E-state index in [1.807, 2.05) is 80.2 Å². The van der Waals surface area contributed by atoms with Gasteiger partial charge in [0.25, 0.3) is 0 Å². The molecule has 5 nitrogen and oxygen atoms in total. The molecule has 0 bridgehead atoms. The molecule has 1 N–H and O–H groups in total. The molecule has 0 saturated carbocycles. The Bertz CT molecular complexity index is 949. The van der Waals surface area contributed by atoms with Crippen LogP contribution in [0.15, 0.2) is 60.9 Å². The van der Waals surface area contributed by atoms with Crippen LogP contribution in [0.5, 0.6) is 5.75 Å². The fourth-order valence-electron chi connectivity index (χ4n) is 3.49. The Labute approximate surface area is 176 Å². The Kier molecular flexibility index (Phi) is 6.60. The first kappa shape index (κ1) is 20.9. The van der Waals surface area contributed by atoms with Crippen LogP contribution < -0.4 is 10.1 Å². The average molecular weight is 412 g/mol. The van der Waals surface area contributed by atoms with E-state index in [1.165, 1.54) is 0 Å². The summed E-state index contributed by atoms with van der Waals surface area (Å²) >= 11 is 6.03. The average Bonchev–Trinajstić information content (AvgIpc) is 3.13. The summed E-state index contributed by atoms with van der Waals surface area (Å²) in [6.07, 6.45) is 3.61. The van der Waals surface area contributed by atoms with Crippen LogP contribution in [0.25, 0.3) is 0 Å². The molecule has 1 aromatic heterocycles. The zero-order chi connectivity index (χ0) is 21.0. The molecule has 1 heterocycles. The molecule has 3 rings (SSSR count). The van der Waals surface area contributed by atoms with Crippen LogP contribution in [0.1, 0.15) is 42.8 Å². The van der Waals surface area contributed by atoms with E-state index >= 15 is 0 Å². The molecule has 0 fully saturated rings. The second-order valence-electron chi connectivity index (χ2n) is 7.38. The number of aromatic nitrogens is 2. The van der Waals surface area contributed by atoms with Crippen molar-refractivity contribution in [2.24, 2.45) is 13.0 Å². The third-order valence-corrected chi connectivity index (χ3v) is 5.28. The van der Waals surface area contributed by atoms with Crippen molar-refractivity contribution in [3.05, 3.63) is 82.9 Å². The number of rotatable bonds is 7. The largest absolute Gasteiger partial charge is 0.497 e. The molecule has 2 atom stereocenters. The number of amides is 1. The zero-order valence-corrected chi connectivity index (χ0v) is 17.9. The minimum atomic E-state index is -0.373. The number of hydrogen-bond acceptors (Lipinski definition) is 3. The van der Waals surface area contributed by atoms with Crippen LogP contribution in [0.2, 0.25) is 5.02 Å². The number of nitrogens with one attached hydrogen (secondary N) is 1. The highest BCUT2D eigenvalue weighted by atomic mass is 35.5. The maximum Gasteiger partial charge on any atom is 0.228 e. The zero-order valence-electron chi connectivity index (χ0n) is 17.1. The molecular weight excluding hydrogens is 386 g/mol. The second-order valence-corrected chi connectivity index (χ2v) is 7.82. The van der Waals surface area contributed by atoms with Crippen molar-refractivity contribution in [2.45, 2.75) is 25.8 Å². The molecule has 0 radical (unpaired) electrons. The molecule has 0 unspecified atom stereocenters. The van der Waals surface area contributed by atoms with Gasteiger partial charge in [0, 0.05) is 24.5 Å². The fourth-order valence-corrected chi connectivity index (χ4v) is 3.62. The number of carbonyl (C=O) groups is 1. The van der Waals surface area contributed by atoms with E-state index in [-0.39, 0.29) is 23.8 Å². The van der Waals surface area contributed by atoms with Gasteiger partial charge in [-0.25, -0.2) is 4.98 Å². The normalized spacial score (nSPS) is 13.2. The smallest absolute Gasteiger partial charge is 0.228 e. The van der Waals surface area contributed by atoms with Crippen LogP contribution in [-0.2, 0) is 11.8 Å². The lowest BCUT2D eigenvalue weighted by Crippen LogP contribution is -2.36. The minimum Gasteiger partial charge on any atom is -0.497 e. The summed E-state index contributed by atoms with van der Waals surface area (Å²) in [4.78, 5) is 17.9. The first-order valence-corrected chi connectivity index (χ1v) is 9.95. The SMILES string of the molecule is COc1ccc([C@H](NC(=O)[C@H](c2ccc(Cl)cc2)C(C)C)c2nccn2C)cc1. The predicted octanol–water partition coefficient (Wildman–Crippen LogP) is 4.73. The van der Waals surface area contributed by atoms with Crippen LogP contribution in [0.4, 0.5) is 0 Å². The van der Waals surface area contributed by atoms with Gasteiger partial charge < -0.3 is 14.6 Å². The van der Waals surface area contributed by atoms with Crippen LogP contribution in [-0.4, -0.2) is 22.6 Å². The van der Waals surface area contributed by atoms with E-state index in [4.69, 9.17) is 16.3 Å². The number of benzene rings is 2. The summed E-state index contributed by atoms with van der Waals surface area (Å²) in [5, 5.41) is 3.87. The number of halogens is 1. The number of hydrogen-bond donors (Lipinski definition) is 1. The van der Waals surface area contributed by atoms with Gasteiger partial charge in [-0.05, 0) is 41.3 Å². The molecular formula is C23H26ClN3O2. The number of methoxy groups -OCH3 is 1. The summed E-state index contributed by atoms with van der Waals surface area (Å²) < 4.78 is 7.18. The lowest BCUT2D eigenvalue weighted by Gasteiger charge is -2.25. The summed E-state index contributed by atoms with van der Waals surface area (Å²) in [6.45, 7) is 4.09. The molecule has 0 aliphatic heterocycles. The van der Waals surface area contributed by atoms with Crippen LogP contribution in [0, 0.1) is 5.92 Å². The van der Waals surface area contributed by atoms with Crippen LogP contribution in [0.3, 0.4) is 0 Å². The Balaban J connectivity index is 1.94. The Morgan fingerprint density at radius 1 is 1.07 bits per heavy atom. The number of carbonyl (C=O) groups excluding carboxylic acids is 1. The number of nitrogens with zero attached hydrogens (tertiary/aromatic N) is 2. The van der Waals surface area contributed by atoms with Crippen molar-refractivity contribution < 1.29 is 9.53 Å². The molecule has 152 valence electrons. The first-order valence-electron chi connectivity index (χ1n) is 9.57. The van der Waals surface area contributed by atoms with Gasteiger partial charge in [0.15, 0.2) is 0 Å². The summed E-state index contributed by atoms with van der Waals surface area (Å²) in [7, 11) is 3.55. The van der Waals surface area contributed by atoms with E-state index in [2.05, 4.69) is 10.3 Å². The first-order chi connectivity index (χ1) is 13.9. The minimum absolute atomic E-state index is 0.0499. The highest BCUT2D eigenvalue weighted by molar-refractivity contribution is 6.30. The Morgan fingerprint density at radius 2 is 1.69 bits per heavy atom. The summed E-state index contributed by atoms with van der Waals surface area (Å²) in [5.74, 6) is 1.30. The van der Waals surface area contributed by atoms with Gasteiger partial charge in [0.1, 0.15) is 17.6 Å². The van der Waals surface area contributed by atoms with Gasteiger partial charge in [-0.15, -0.1) is 0 Å². The van der Waals surface area contributed by atoms with Gasteiger partial charge in [0.05, 0.1) is 13.0 Å². The lowest BCUT2D eigenvalue weighted by atomic mass is 9.87. The molecule has 2 aromatic carbocycles. The number of ether oxygens (including phenoxy) is 1. The van der Waals surface area contributed by atoms with Crippen molar-refractivity contribution in [3.8, 4) is 5.75 Å². The maximum absolute atomic E-state index is 13.4. The van der Waals surface area contributed by atoms with Crippen molar-refractivity contribution in [1.82, 2.24) is 14.9 Å². The summed E-state index contributed by atoms with van der Waals surface area (Å²) in [5.41, 5.74) is 1.88. The predicted molar refractivity (Wildman–Crippen MR) is 115 cm³/mol. The van der Waals surface area contributed by atoms with Crippen molar-refractivity contribution in [1.29, 1.82) is 0 Å². The quantitative estimate of drug-likeness (QED) is 0.611. The molecule has 0 aliphatic carbocycles. The van der Waals surface area contributed by atoms with Crippen molar-refractivity contribution >= 4 is 17.5 Å². The van der Waals surface area contributed by atoms with Gasteiger partial charge >= 0.3 is 0 Å². The van der Waals surface area contributed by atoms with Gasteiger partial charge in [-0.1, -0.05) is 49.7 Å². The van der Waals surface area contributed by atoms with E-state index in [9.17, 15) is 4.79 Å². The van der Waals surface area contributed by atoms with E-state index in [1.54, 1.807) is 13.3 Å². The topological polar surface area (TPSA) is 56.1 Å². The van der Waals surface area contributed by atoms with E-state index in [0.29, 0.717) is 5.02 Å². The van der Waals surface area contributed by atoms with Crippen LogP contribution >= 0.6 is 11.6 Å². The highest BCUT2D eigenvalue weighted by Gasteiger charge is 2.28. The molecule has 6 heteroatoms. The van der Waals surface area contributed by atoms with Crippen molar-refractivity contribution in [2.75, 3.05) is 7.11 Å². The van der Waals surface area contributed by atoms with Gasteiger partial charge in [-0.2, -0.15) is 0 Å². The number of aryl methyl sites for hydroxylation is 1. The van der Waals surface area contributed by atoms with Crippen molar-refractivity contribution in [3.63, 3.8) is 0 Å². The lowest BCUT2D eigenvalue weighted by molar-refractivity contribution is -0.124. The highest BCUT2D eigenvalue weighted by Crippen LogP contribution is 2.29. The third-order valence-electron chi connectivity index (χ3n) is 5.03. The van der Waals surface area contributed by atoms with Gasteiger partial charge in [-0.3, -0.25) is 4.79 Å². The Hall–Kier alpha value is -2.79. The molecule has 0 saturated heterocycles. The third kappa shape index (κ3) is 4.80. The number of imidazole rings is 1. The summed E-state index contributed by atoms with van der Waals surface area (Å²) in [6, 6.07) is 14.8. The standard InChI is InChI=1S/C23H26ClN3O2/c1-15(2)20(16-5-9-18(24)10-6-16)23(28)26-21(22-25-13-14-27(22)3)17-7-11-19(29-4)12-8-17/h5-15,20-21H,1-4H3,(H,26,28)/t20-,21-/m0/s1. The molecule has 3 aromatic rings. The Morgan fingerprint density at radius 3 is 2.21 bits per heavy atom. The fraction of sp³-hybridized carbons (Fsp3) is 0.304. The molecule has 1 amide bonds. The van der Waals surface area contributed by atoms with Gasteiger partial charge in [0.2, 0.25) is 5.91 Å². The van der Waals surface area contributed by atoms with E-state index < -0.39 is 0 Å². The maximum atomic E-state index is 13.4. The second kappa shape index (κ2) is 9.14.